The summed E-state index contributed by atoms with van der Waals surface area (Å²) in [5.74, 6) is -0.230. The number of benzene rings is 1. The summed E-state index contributed by atoms with van der Waals surface area (Å²) in [6.45, 7) is 2.69. The molecule has 9 nitrogen and oxygen atoms in total. The van der Waals surface area contributed by atoms with E-state index >= 15 is 0 Å². The number of aromatic nitrogens is 2. The zero-order valence-corrected chi connectivity index (χ0v) is 20.7. The van der Waals surface area contributed by atoms with Crippen LogP contribution in [0.15, 0.2) is 64.5 Å². The molecule has 4 rings (SSSR count). The number of ether oxygens (including phenoxy) is 1. The predicted octanol–water partition coefficient (Wildman–Crippen LogP) is 2.68. The van der Waals surface area contributed by atoms with Gasteiger partial charge in [0.15, 0.2) is 9.84 Å². The number of halogens is 1. The fraction of sp³-hybridized carbons (Fsp3) is 0.320. The van der Waals surface area contributed by atoms with Gasteiger partial charge in [0.25, 0.3) is 5.56 Å². The van der Waals surface area contributed by atoms with Crippen molar-refractivity contribution in [2.24, 2.45) is 5.73 Å². The highest BCUT2D eigenvalue weighted by Crippen LogP contribution is 2.36. The number of H-pyrrole nitrogens is 1. The van der Waals surface area contributed by atoms with Gasteiger partial charge in [-0.05, 0) is 80.3 Å². The summed E-state index contributed by atoms with van der Waals surface area (Å²) in [4.78, 5) is 33.4. The van der Waals surface area contributed by atoms with Crippen LogP contribution < -0.4 is 16.0 Å². The van der Waals surface area contributed by atoms with Crippen molar-refractivity contribution in [2.45, 2.75) is 36.1 Å². The predicted molar refractivity (Wildman–Crippen MR) is 131 cm³/mol. The van der Waals surface area contributed by atoms with Crippen LogP contribution >= 0.6 is 0 Å². The normalized spacial score (nSPS) is 18.4. The molecule has 0 radical (unpaired) electrons. The highest BCUT2D eigenvalue weighted by atomic mass is 32.2. The Bertz CT molecular complexity index is 1420. The Labute approximate surface area is 208 Å². The third kappa shape index (κ3) is 5.17. The van der Waals surface area contributed by atoms with Crippen molar-refractivity contribution in [3.63, 3.8) is 0 Å². The monoisotopic (exact) mass is 514 g/mol. The number of amides is 1. The van der Waals surface area contributed by atoms with Crippen LogP contribution in [-0.4, -0.2) is 48.5 Å². The van der Waals surface area contributed by atoms with Gasteiger partial charge < -0.3 is 15.5 Å². The molecule has 0 saturated carbocycles. The second-order valence-electron chi connectivity index (χ2n) is 9.06. The second kappa shape index (κ2) is 9.82. The summed E-state index contributed by atoms with van der Waals surface area (Å²) in [7, 11) is -3.69. The minimum Gasteiger partial charge on any atom is -0.456 e. The maximum atomic E-state index is 13.1. The fourth-order valence-electron chi connectivity index (χ4n) is 4.46. The van der Waals surface area contributed by atoms with E-state index in [-0.39, 0.29) is 16.6 Å². The highest BCUT2D eigenvalue weighted by molar-refractivity contribution is 7.90. The smallest absolute Gasteiger partial charge is 0.266 e. The van der Waals surface area contributed by atoms with Crippen molar-refractivity contribution in [2.75, 3.05) is 19.3 Å². The molecule has 0 bridgehead atoms. The third-order valence-corrected chi connectivity index (χ3v) is 7.68. The van der Waals surface area contributed by atoms with Crippen molar-refractivity contribution < 1.29 is 22.3 Å². The van der Waals surface area contributed by atoms with Crippen molar-refractivity contribution in [3.05, 3.63) is 82.3 Å². The lowest BCUT2D eigenvalue weighted by Crippen LogP contribution is -2.56. The lowest BCUT2D eigenvalue weighted by molar-refractivity contribution is -0.131. The maximum Gasteiger partial charge on any atom is 0.266 e. The van der Waals surface area contributed by atoms with Gasteiger partial charge in [0.2, 0.25) is 5.91 Å². The van der Waals surface area contributed by atoms with Gasteiger partial charge in [0.1, 0.15) is 27.8 Å². The molecular formula is C25H27FN4O5S. The van der Waals surface area contributed by atoms with Gasteiger partial charge >= 0.3 is 0 Å². The second-order valence-corrected chi connectivity index (χ2v) is 11.0. The highest BCUT2D eigenvalue weighted by Gasteiger charge is 2.43. The molecule has 1 aliphatic rings. The van der Waals surface area contributed by atoms with E-state index in [1.807, 2.05) is 4.90 Å². The lowest BCUT2D eigenvalue weighted by atomic mass is 9.85. The SMILES string of the molecule is CC(C(N)=O)(c1ccc(Oc2ccc(F)cc2)cn1)N1CCC[C@@H](c2c[nH]c(=O)c(S(C)(=O)=O)c2)C1. The van der Waals surface area contributed by atoms with E-state index in [4.69, 9.17) is 10.5 Å². The minimum atomic E-state index is -3.69. The average molecular weight is 515 g/mol. The fourth-order valence-corrected chi connectivity index (χ4v) is 5.20. The van der Waals surface area contributed by atoms with Crippen LogP contribution in [0.4, 0.5) is 4.39 Å². The van der Waals surface area contributed by atoms with Gasteiger partial charge in [0, 0.05) is 19.0 Å². The van der Waals surface area contributed by atoms with E-state index in [1.54, 1.807) is 19.1 Å². The first-order valence-electron chi connectivity index (χ1n) is 11.4. The van der Waals surface area contributed by atoms with Crippen LogP contribution in [0.2, 0.25) is 0 Å². The van der Waals surface area contributed by atoms with Crippen LogP contribution in [0.1, 0.15) is 36.9 Å². The van der Waals surface area contributed by atoms with Crippen molar-refractivity contribution in [1.82, 2.24) is 14.9 Å². The van der Waals surface area contributed by atoms with Crippen LogP contribution in [-0.2, 0) is 20.2 Å². The van der Waals surface area contributed by atoms with Crippen LogP contribution in [0.25, 0.3) is 0 Å². The number of nitrogens with two attached hydrogens (primary N) is 1. The summed E-state index contributed by atoms with van der Waals surface area (Å²) < 4.78 is 42.9. The zero-order chi connectivity index (χ0) is 26.1. The Morgan fingerprint density at radius 2 is 1.92 bits per heavy atom. The molecule has 1 aromatic carbocycles. The molecule has 0 aliphatic carbocycles. The number of nitrogens with zero attached hydrogens (tertiary/aromatic N) is 2. The number of rotatable bonds is 7. The largest absolute Gasteiger partial charge is 0.456 e. The number of hydrogen-bond donors (Lipinski definition) is 2. The van der Waals surface area contributed by atoms with Gasteiger partial charge in [-0.1, -0.05) is 0 Å². The summed E-state index contributed by atoms with van der Waals surface area (Å²) in [6.07, 6.45) is 5.47. The number of aromatic amines is 1. The van der Waals surface area contributed by atoms with Gasteiger partial charge in [-0.3, -0.25) is 19.5 Å². The molecule has 0 spiro atoms. The van der Waals surface area contributed by atoms with Crippen LogP contribution in [0, 0.1) is 5.82 Å². The molecule has 1 amide bonds. The first kappa shape index (κ1) is 25.5. The number of pyridine rings is 2. The zero-order valence-electron chi connectivity index (χ0n) is 19.9. The number of piperidine rings is 1. The van der Waals surface area contributed by atoms with Gasteiger partial charge in [-0.25, -0.2) is 12.8 Å². The van der Waals surface area contributed by atoms with Gasteiger partial charge in [0.05, 0.1) is 11.9 Å². The maximum absolute atomic E-state index is 13.1. The molecule has 1 saturated heterocycles. The summed E-state index contributed by atoms with van der Waals surface area (Å²) in [5, 5.41) is 0. The molecule has 2 atom stereocenters. The molecule has 3 N–H and O–H groups in total. The number of sulfone groups is 1. The van der Waals surface area contributed by atoms with Crippen LogP contribution in [0.5, 0.6) is 11.5 Å². The molecule has 3 aromatic rings. The van der Waals surface area contributed by atoms with Gasteiger partial charge in [-0.15, -0.1) is 0 Å². The van der Waals surface area contributed by atoms with Crippen molar-refractivity contribution in [1.29, 1.82) is 0 Å². The molecule has 11 heteroatoms. The van der Waals surface area contributed by atoms with E-state index in [1.165, 1.54) is 42.7 Å². The number of likely N-dealkylation sites (tertiary alicyclic amines) is 1. The average Bonchev–Trinajstić information content (AvgIpc) is 2.85. The summed E-state index contributed by atoms with van der Waals surface area (Å²) >= 11 is 0. The number of carbonyl (C=O) groups is 1. The van der Waals surface area contributed by atoms with E-state index in [2.05, 4.69) is 9.97 Å². The molecule has 1 fully saturated rings. The lowest BCUT2D eigenvalue weighted by Gasteiger charge is -2.43. The van der Waals surface area contributed by atoms with Crippen LogP contribution in [0.3, 0.4) is 0 Å². The molecule has 190 valence electrons. The van der Waals surface area contributed by atoms with E-state index in [0.717, 1.165) is 19.1 Å². The first-order chi connectivity index (χ1) is 17.0. The Balaban J connectivity index is 1.59. The molecule has 3 heterocycles. The Hall–Kier alpha value is -3.57. The standard InChI is InChI=1S/C25H27FN4O5S/c1-25(24(27)32,22-10-9-20(14-28-22)35-19-7-5-18(26)6-8-19)30-11-3-4-16(15-30)17-12-21(36(2,33)34)23(31)29-13-17/h5-10,12-14,16H,3-4,11,15H2,1-2H3,(H2,27,32)(H,29,31)/t16-,25?/m1/s1. The molecule has 2 aromatic heterocycles. The number of nitrogens with one attached hydrogen (secondary N) is 1. The quantitative estimate of drug-likeness (QED) is 0.495. The van der Waals surface area contributed by atoms with Crippen molar-refractivity contribution >= 4 is 15.7 Å². The molecule has 1 unspecified atom stereocenters. The Morgan fingerprint density at radius 3 is 2.53 bits per heavy atom. The molecule has 36 heavy (non-hydrogen) atoms. The third-order valence-electron chi connectivity index (χ3n) is 6.58. The minimum absolute atomic E-state index is 0.129. The van der Waals surface area contributed by atoms with E-state index in [9.17, 15) is 22.4 Å². The topological polar surface area (TPSA) is 135 Å². The first-order valence-corrected chi connectivity index (χ1v) is 13.2. The number of hydrogen-bond acceptors (Lipinski definition) is 7. The summed E-state index contributed by atoms with van der Waals surface area (Å²) in [6, 6.07) is 10.3. The molecular weight excluding hydrogens is 487 g/mol. The summed E-state index contributed by atoms with van der Waals surface area (Å²) in [5.41, 5.74) is 5.08. The van der Waals surface area contributed by atoms with E-state index in [0.29, 0.717) is 35.8 Å². The van der Waals surface area contributed by atoms with E-state index < -0.39 is 26.8 Å². The molecule has 1 aliphatic heterocycles. The van der Waals surface area contributed by atoms with Crippen molar-refractivity contribution in [3.8, 4) is 11.5 Å². The number of carbonyl (C=O) groups excluding carboxylic acids is 1. The Morgan fingerprint density at radius 1 is 1.22 bits per heavy atom. The Kier molecular flexibility index (Phi) is 6.96. The van der Waals surface area contributed by atoms with Gasteiger partial charge in [-0.2, -0.15) is 0 Å². The number of primary amides is 1.